The molecule has 0 spiro atoms. The minimum atomic E-state index is -0.439. The van der Waals surface area contributed by atoms with Crippen LogP contribution in [0.2, 0.25) is 0 Å². The Morgan fingerprint density at radius 2 is 1.42 bits per heavy atom. The topological polar surface area (TPSA) is 78.6 Å². The third kappa shape index (κ3) is 3.96. The summed E-state index contributed by atoms with van der Waals surface area (Å²) in [4.78, 5) is 25.2. The summed E-state index contributed by atoms with van der Waals surface area (Å²) in [6.07, 6.45) is 0. The van der Waals surface area contributed by atoms with Gasteiger partial charge in [0.15, 0.2) is 11.5 Å². The number of methoxy groups -OCH3 is 2. The maximum atomic E-state index is 13.4. The summed E-state index contributed by atoms with van der Waals surface area (Å²) in [5, 5.41) is 4.20. The van der Waals surface area contributed by atoms with Crippen molar-refractivity contribution in [3.8, 4) is 28.3 Å². The molecule has 0 saturated carbocycles. The Hall–Kier alpha value is -4.19. The molecule has 0 amide bonds. The highest BCUT2D eigenvalue weighted by molar-refractivity contribution is 6.15. The standard InChI is InChI=1S/C25H19NO5/c1-29-20-14-12-18(13-15-20)24-21(23(27)17-6-4-3-5-7-17)22(26-31-24)16-8-10-19(11-9-16)25(28)30-2/h3-15H,1-2H3. The molecule has 0 fully saturated rings. The molecule has 0 saturated heterocycles. The maximum Gasteiger partial charge on any atom is 0.337 e. The molecule has 1 aromatic heterocycles. The highest BCUT2D eigenvalue weighted by Gasteiger charge is 2.26. The number of esters is 1. The first kappa shape index (κ1) is 20.1. The van der Waals surface area contributed by atoms with Crippen LogP contribution in [0.15, 0.2) is 83.4 Å². The van der Waals surface area contributed by atoms with Crippen molar-refractivity contribution in [3.05, 3.63) is 95.6 Å². The monoisotopic (exact) mass is 413 g/mol. The highest BCUT2D eigenvalue weighted by atomic mass is 16.5. The number of rotatable bonds is 6. The molecule has 0 aliphatic heterocycles. The number of hydrogen-bond acceptors (Lipinski definition) is 6. The van der Waals surface area contributed by atoms with Gasteiger partial charge >= 0.3 is 5.97 Å². The zero-order chi connectivity index (χ0) is 21.8. The molecule has 6 heteroatoms. The van der Waals surface area contributed by atoms with Crippen LogP contribution in [-0.2, 0) is 4.74 Å². The summed E-state index contributed by atoms with van der Waals surface area (Å²) in [5.41, 5.74) is 3.02. The fraction of sp³-hybridized carbons (Fsp3) is 0.0800. The first-order valence-corrected chi connectivity index (χ1v) is 9.55. The first-order chi connectivity index (χ1) is 15.1. The molecule has 154 valence electrons. The van der Waals surface area contributed by atoms with E-state index in [2.05, 4.69) is 5.16 Å². The predicted molar refractivity (Wildman–Crippen MR) is 115 cm³/mol. The number of benzene rings is 3. The van der Waals surface area contributed by atoms with Crippen LogP contribution in [0.3, 0.4) is 0 Å². The zero-order valence-electron chi connectivity index (χ0n) is 17.0. The van der Waals surface area contributed by atoms with Gasteiger partial charge in [-0.1, -0.05) is 47.6 Å². The summed E-state index contributed by atoms with van der Waals surface area (Å²) >= 11 is 0. The number of nitrogens with zero attached hydrogens (tertiary/aromatic N) is 1. The van der Waals surface area contributed by atoms with E-state index in [1.165, 1.54) is 7.11 Å². The minimum absolute atomic E-state index is 0.209. The van der Waals surface area contributed by atoms with Gasteiger partial charge < -0.3 is 14.0 Å². The molecule has 31 heavy (non-hydrogen) atoms. The molecule has 0 atom stereocenters. The Labute approximate surface area is 179 Å². The van der Waals surface area contributed by atoms with E-state index >= 15 is 0 Å². The van der Waals surface area contributed by atoms with Crippen molar-refractivity contribution in [2.45, 2.75) is 0 Å². The third-order valence-electron chi connectivity index (χ3n) is 4.89. The lowest BCUT2D eigenvalue weighted by Crippen LogP contribution is -2.04. The molecule has 0 bridgehead atoms. The fourth-order valence-electron chi connectivity index (χ4n) is 3.25. The molecule has 0 unspecified atom stereocenters. The second kappa shape index (κ2) is 8.67. The SMILES string of the molecule is COC(=O)c1ccc(-c2noc(-c3ccc(OC)cc3)c2C(=O)c2ccccc2)cc1. The van der Waals surface area contributed by atoms with Gasteiger partial charge in [-0.2, -0.15) is 0 Å². The Morgan fingerprint density at radius 3 is 2.03 bits per heavy atom. The van der Waals surface area contributed by atoms with Crippen LogP contribution in [0.25, 0.3) is 22.6 Å². The fourth-order valence-corrected chi connectivity index (χ4v) is 3.25. The normalized spacial score (nSPS) is 10.5. The number of aromatic nitrogens is 1. The molecule has 3 aromatic carbocycles. The average molecular weight is 413 g/mol. The highest BCUT2D eigenvalue weighted by Crippen LogP contribution is 2.35. The minimum Gasteiger partial charge on any atom is -0.497 e. The van der Waals surface area contributed by atoms with Crippen LogP contribution in [0.4, 0.5) is 0 Å². The Kier molecular flexibility index (Phi) is 5.62. The first-order valence-electron chi connectivity index (χ1n) is 9.55. The van der Waals surface area contributed by atoms with Crippen molar-refractivity contribution in [1.29, 1.82) is 0 Å². The number of ether oxygens (including phenoxy) is 2. The van der Waals surface area contributed by atoms with Gasteiger partial charge in [0.1, 0.15) is 11.4 Å². The summed E-state index contributed by atoms with van der Waals surface area (Å²) in [6, 6.07) is 22.8. The van der Waals surface area contributed by atoms with Crippen LogP contribution in [0.5, 0.6) is 5.75 Å². The summed E-state index contributed by atoms with van der Waals surface area (Å²) in [7, 11) is 2.91. The van der Waals surface area contributed by atoms with Gasteiger partial charge in [-0.05, 0) is 36.4 Å². The van der Waals surface area contributed by atoms with E-state index in [0.717, 1.165) is 0 Å². The van der Waals surface area contributed by atoms with E-state index in [-0.39, 0.29) is 5.78 Å². The lowest BCUT2D eigenvalue weighted by Gasteiger charge is -2.06. The van der Waals surface area contributed by atoms with Crippen LogP contribution >= 0.6 is 0 Å². The molecular formula is C25H19NO5. The van der Waals surface area contributed by atoms with Crippen molar-refractivity contribution in [2.24, 2.45) is 0 Å². The van der Waals surface area contributed by atoms with Gasteiger partial charge in [0.25, 0.3) is 0 Å². The van der Waals surface area contributed by atoms with E-state index in [1.54, 1.807) is 67.8 Å². The van der Waals surface area contributed by atoms with Gasteiger partial charge in [0, 0.05) is 16.7 Å². The van der Waals surface area contributed by atoms with Crippen LogP contribution < -0.4 is 4.74 Å². The average Bonchev–Trinajstić information content (AvgIpc) is 3.29. The molecule has 0 aliphatic rings. The maximum absolute atomic E-state index is 13.4. The summed E-state index contributed by atoms with van der Waals surface area (Å²) < 4.78 is 15.6. The van der Waals surface area contributed by atoms with Crippen LogP contribution in [-0.4, -0.2) is 31.1 Å². The number of hydrogen-bond donors (Lipinski definition) is 0. The van der Waals surface area contributed by atoms with Gasteiger partial charge in [-0.25, -0.2) is 4.79 Å². The smallest absolute Gasteiger partial charge is 0.337 e. The summed E-state index contributed by atoms with van der Waals surface area (Å²) in [6.45, 7) is 0. The lowest BCUT2D eigenvalue weighted by atomic mass is 9.95. The third-order valence-corrected chi connectivity index (χ3v) is 4.89. The Balaban J connectivity index is 1.84. The molecule has 1 heterocycles. The number of ketones is 1. The second-order valence-corrected chi connectivity index (χ2v) is 6.73. The van der Waals surface area contributed by atoms with E-state index in [4.69, 9.17) is 14.0 Å². The largest absolute Gasteiger partial charge is 0.497 e. The molecule has 0 radical (unpaired) electrons. The van der Waals surface area contributed by atoms with Crippen molar-refractivity contribution < 1.29 is 23.6 Å². The molecule has 6 nitrogen and oxygen atoms in total. The van der Waals surface area contributed by atoms with E-state index in [0.29, 0.717) is 45.0 Å². The van der Waals surface area contributed by atoms with Crippen molar-refractivity contribution >= 4 is 11.8 Å². The van der Waals surface area contributed by atoms with Crippen molar-refractivity contribution in [2.75, 3.05) is 14.2 Å². The Morgan fingerprint density at radius 1 is 0.774 bits per heavy atom. The molecular weight excluding hydrogens is 394 g/mol. The van der Waals surface area contributed by atoms with E-state index in [1.807, 2.05) is 18.2 Å². The zero-order valence-corrected chi connectivity index (χ0v) is 17.0. The quantitative estimate of drug-likeness (QED) is 0.326. The molecule has 4 rings (SSSR count). The number of carbonyl (C=O) groups is 2. The van der Waals surface area contributed by atoms with Gasteiger partial charge in [0.05, 0.1) is 25.3 Å². The van der Waals surface area contributed by atoms with Gasteiger partial charge in [0.2, 0.25) is 0 Å². The lowest BCUT2D eigenvalue weighted by molar-refractivity contribution is 0.0600. The molecule has 0 aliphatic carbocycles. The van der Waals surface area contributed by atoms with Crippen LogP contribution in [0.1, 0.15) is 26.3 Å². The molecule has 4 aromatic rings. The van der Waals surface area contributed by atoms with Crippen LogP contribution in [0, 0.1) is 0 Å². The second-order valence-electron chi connectivity index (χ2n) is 6.73. The number of carbonyl (C=O) groups excluding carboxylic acids is 2. The van der Waals surface area contributed by atoms with Crippen molar-refractivity contribution in [1.82, 2.24) is 5.16 Å². The summed E-state index contributed by atoms with van der Waals surface area (Å²) in [5.74, 6) is 0.410. The molecule has 0 N–H and O–H groups in total. The predicted octanol–water partition coefficient (Wildman–Crippen LogP) is 5.03. The van der Waals surface area contributed by atoms with Gasteiger partial charge in [-0.3, -0.25) is 4.79 Å². The van der Waals surface area contributed by atoms with Crippen molar-refractivity contribution in [3.63, 3.8) is 0 Å². The van der Waals surface area contributed by atoms with E-state index in [9.17, 15) is 9.59 Å². The van der Waals surface area contributed by atoms with E-state index < -0.39 is 5.97 Å². The Bertz CT molecular complexity index is 1210. The van der Waals surface area contributed by atoms with Gasteiger partial charge in [-0.15, -0.1) is 0 Å².